The van der Waals surface area contributed by atoms with Crippen molar-refractivity contribution in [1.29, 1.82) is 0 Å². The van der Waals surface area contributed by atoms with Gasteiger partial charge in [0.05, 0.1) is 12.7 Å². The maximum atomic E-state index is 13.7. The molecule has 0 radical (unpaired) electrons. The first-order chi connectivity index (χ1) is 14.5. The third kappa shape index (κ3) is 5.51. The average molecular weight is 413 g/mol. The number of hydrogen-bond acceptors (Lipinski definition) is 5. The first-order valence-electron chi connectivity index (χ1n) is 9.21. The van der Waals surface area contributed by atoms with E-state index < -0.39 is 17.5 Å². The van der Waals surface area contributed by atoms with Crippen LogP contribution in [0.1, 0.15) is 21.5 Å². The Morgan fingerprint density at radius 3 is 2.60 bits per heavy atom. The monoisotopic (exact) mass is 413 g/mol. The smallest absolute Gasteiger partial charge is 0.250 e. The highest BCUT2D eigenvalue weighted by Gasteiger charge is 2.09. The number of rotatable bonds is 9. The SMILES string of the molecule is COc1cc(CNCCc2ccc(F)cc2F)ccc1Oc1ccc(C(N)=O)cn1. The number of carbonyl (C=O) groups excluding carboxylic acids is 1. The number of amides is 1. The van der Waals surface area contributed by atoms with Crippen LogP contribution in [0.3, 0.4) is 0 Å². The molecule has 0 spiro atoms. The summed E-state index contributed by atoms with van der Waals surface area (Å²) in [5, 5.41) is 3.22. The third-order valence-corrected chi connectivity index (χ3v) is 4.38. The normalized spacial score (nSPS) is 10.6. The van der Waals surface area contributed by atoms with Gasteiger partial charge in [0.25, 0.3) is 0 Å². The molecule has 1 heterocycles. The van der Waals surface area contributed by atoms with Crippen molar-refractivity contribution >= 4 is 5.91 Å². The summed E-state index contributed by atoms with van der Waals surface area (Å²) in [5.74, 6) is -0.417. The van der Waals surface area contributed by atoms with Gasteiger partial charge in [-0.05, 0) is 48.4 Å². The van der Waals surface area contributed by atoms with Crippen LogP contribution in [0.25, 0.3) is 0 Å². The van der Waals surface area contributed by atoms with Crippen molar-refractivity contribution in [3.63, 3.8) is 0 Å². The van der Waals surface area contributed by atoms with E-state index in [0.29, 0.717) is 42.5 Å². The minimum atomic E-state index is -0.586. The molecule has 30 heavy (non-hydrogen) atoms. The number of pyridine rings is 1. The molecule has 0 fully saturated rings. The largest absolute Gasteiger partial charge is 0.493 e. The highest BCUT2D eigenvalue weighted by Crippen LogP contribution is 2.31. The average Bonchev–Trinajstić information content (AvgIpc) is 2.73. The lowest BCUT2D eigenvalue weighted by atomic mass is 10.1. The Bertz CT molecular complexity index is 1030. The Hall–Kier alpha value is -3.52. The Labute approximate surface area is 172 Å². The molecule has 8 heteroatoms. The van der Waals surface area contributed by atoms with Crippen molar-refractivity contribution in [3.8, 4) is 17.4 Å². The van der Waals surface area contributed by atoms with E-state index in [4.69, 9.17) is 15.2 Å². The fourth-order valence-corrected chi connectivity index (χ4v) is 2.79. The Morgan fingerprint density at radius 1 is 1.10 bits per heavy atom. The molecule has 0 aliphatic rings. The van der Waals surface area contributed by atoms with Gasteiger partial charge < -0.3 is 20.5 Å². The van der Waals surface area contributed by atoms with Gasteiger partial charge in [0.15, 0.2) is 11.5 Å². The second-order valence-electron chi connectivity index (χ2n) is 6.50. The van der Waals surface area contributed by atoms with Crippen LogP contribution in [0, 0.1) is 11.6 Å². The molecule has 6 nitrogen and oxygen atoms in total. The highest BCUT2D eigenvalue weighted by molar-refractivity contribution is 5.92. The zero-order valence-corrected chi connectivity index (χ0v) is 16.3. The molecule has 156 valence electrons. The summed E-state index contributed by atoms with van der Waals surface area (Å²) in [7, 11) is 1.53. The van der Waals surface area contributed by atoms with Crippen molar-refractivity contribution in [2.45, 2.75) is 13.0 Å². The number of nitrogens with one attached hydrogen (secondary N) is 1. The Morgan fingerprint density at radius 2 is 1.93 bits per heavy atom. The summed E-state index contributed by atoms with van der Waals surface area (Å²) in [6.07, 6.45) is 1.78. The van der Waals surface area contributed by atoms with Gasteiger partial charge in [0.1, 0.15) is 11.6 Å². The van der Waals surface area contributed by atoms with Crippen LogP contribution in [0.4, 0.5) is 8.78 Å². The number of aromatic nitrogens is 1. The second-order valence-corrected chi connectivity index (χ2v) is 6.50. The molecule has 0 saturated carbocycles. The summed E-state index contributed by atoms with van der Waals surface area (Å²) < 4.78 is 37.7. The first kappa shape index (κ1) is 21.2. The molecule has 3 N–H and O–H groups in total. The minimum Gasteiger partial charge on any atom is -0.493 e. The number of primary amides is 1. The van der Waals surface area contributed by atoms with E-state index in [1.165, 1.54) is 31.5 Å². The third-order valence-electron chi connectivity index (χ3n) is 4.38. The molecule has 0 unspecified atom stereocenters. The molecule has 1 aromatic heterocycles. The zero-order valence-electron chi connectivity index (χ0n) is 16.3. The molecule has 3 aromatic rings. The van der Waals surface area contributed by atoms with Gasteiger partial charge in [-0.2, -0.15) is 0 Å². The van der Waals surface area contributed by atoms with Crippen molar-refractivity contribution in [2.24, 2.45) is 5.73 Å². The van der Waals surface area contributed by atoms with Crippen molar-refractivity contribution in [3.05, 3.63) is 83.1 Å². The lowest BCUT2D eigenvalue weighted by Crippen LogP contribution is -2.17. The van der Waals surface area contributed by atoms with Gasteiger partial charge in [-0.15, -0.1) is 0 Å². The number of methoxy groups -OCH3 is 1. The molecule has 3 rings (SSSR count). The first-order valence-corrected chi connectivity index (χ1v) is 9.21. The molecule has 0 aliphatic carbocycles. The van der Waals surface area contributed by atoms with Crippen LogP contribution in [0.15, 0.2) is 54.7 Å². The van der Waals surface area contributed by atoms with Gasteiger partial charge in [-0.3, -0.25) is 4.79 Å². The van der Waals surface area contributed by atoms with Crippen LogP contribution in [0.2, 0.25) is 0 Å². The van der Waals surface area contributed by atoms with E-state index in [1.807, 2.05) is 12.1 Å². The van der Waals surface area contributed by atoms with Gasteiger partial charge in [-0.25, -0.2) is 13.8 Å². The predicted molar refractivity (Wildman–Crippen MR) is 108 cm³/mol. The topological polar surface area (TPSA) is 86.5 Å². The van der Waals surface area contributed by atoms with Crippen LogP contribution in [0.5, 0.6) is 17.4 Å². The molecule has 0 aliphatic heterocycles. The van der Waals surface area contributed by atoms with E-state index in [0.717, 1.165) is 11.6 Å². The Kier molecular flexibility index (Phi) is 6.92. The number of carbonyl (C=O) groups is 1. The standard InChI is InChI=1S/C22H21F2N3O3/c1-29-20-10-14(12-26-9-8-15-3-5-17(23)11-18(15)24)2-6-19(20)30-21-7-4-16(13-27-21)22(25)28/h2-7,10-11,13,26H,8-9,12H2,1H3,(H2,25,28). The van der Waals surface area contributed by atoms with Gasteiger partial charge in [-0.1, -0.05) is 12.1 Å². The maximum Gasteiger partial charge on any atom is 0.250 e. The number of halogens is 2. The van der Waals surface area contributed by atoms with E-state index in [-0.39, 0.29) is 5.56 Å². The Balaban J connectivity index is 1.57. The van der Waals surface area contributed by atoms with Crippen LogP contribution in [-0.2, 0) is 13.0 Å². The van der Waals surface area contributed by atoms with E-state index in [9.17, 15) is 13.6 Å². The van der Waals surface area contributed by atoms with Crippen LogP contribution in [-0.4, -0.2) is 24.5 Å². The number of nitrogens with two attached hydrogens (primary N) is 1. The van der Waals surface area contributed by atoms with Crippen molar-refractivity contribution in [1.82, 2.24) is 10.3 Å². The summed E-state index contributed by atoms with van der Waals surface area (Å²) in [6.45, 7) is 1.06. The molecule has 2 aromatic carbocycles. The lowest BCUT2D eigenvalue weighted by molar-refractivity contribution is 0.1000. The fraction of sp³-hybridized carbons (Fsp3) is 0.182. The quantitative estimate of drug-likeness (QED) is 0.524. The van der Waals surface area contributed by atoms with E-state index in [2.05, 4.69) is 10.3 Å². The summed E-state index contributed by atoms with van der Waals surface area (Å²) in [4.78, 5) is 15.2. The number of hydrogen-bond donors (Lipinski definition) is 2. The van der Waals surface area contributed by atoms with Crippen LogP contribution < -0.4 is 20.5 Å². The summed E-state index contributed by atoms with van der Waals surface area (Å²) in [6, 6.07) is 12.1. The van der Waals surface area contributed by atoms with Crippen molar-refractivity contribution in [2.75, 3.05) is 13.7 Å². The molecular formula is C22H21F2N3O3. The number of nitrogens with zero attached hydrogens (tertiary/aromatic N) is 1. The second kappa shape index (κ2) is 9.80. The predicted octanol–water partition coefficient (Wildman–Crippen LogP) is 3.59. The van der Waals surface area contributed by atoms with Crippen LogP contribution >= 0.6 is 0 Å². The summed E-state index contributed by atoms with van der Waals surface area (Å²) >= 11 is 0. The molecule has 1 amide bonds. The van der Waals surface area contributed by atoms with E-state index >= 15 is 0 Å². The fourth-order valence-electron chi connectivity index (χ4n) is 2.79. The molecular weight excluding hydrogens is 392 g/mol. The molecule has 0 saturated heterocycles. The highest BCUT2D eigenvalue weighted by atomic mass is 19.1. The minimum absolute atomic E-state index is 0.288. The summed E-state index contributed by atoms with van der Waals surface area (Å²) in [5.41, 5.74) is 6.88. The molecule has 0 bridgehead atoms. The molecule has 0 atom stereocenters. The zero-order chi connectivity index (χ0) is 21.5. The number of ether oxygens (including phenoxy) is 2. The van der Waals surface area contributed by atoms with Crippen molar-refractivity contribution < 1.29 is 23.0 Å². The maximum absolute atomic E-state index is 13.7. The van der Waals surface area contributed by atoms with Gasteiger partial charge in [0.2, 0.25) is 11.8 Å². The van der Waals surface area contributed by atoms with Gasteiger partial charge in [0, 0.05) is 24.9 Å². The lowest BCUT2D eigenvalue weighted by Gasteiger charge is -2.12. The number of benzene rings is 2. The van der Waals surface area contributed by atoms with E-state index in [1.54, 1.807) is 12.1 Å². The van der Waals surface area contributed by atoms with Gasteiger partial charge >= 0.3 is 0 Å².